The van der Waals surface area contributed by atoms with Crippen LogP contribution in [0.1, 0.15) is 22.6 Å². The summed E-state index contributed by atoms with van der Waals surface area (Å²) in [5.74, 6) is 0.462. The van der Waals surface area contributed by atoms with Crippen LogP contribution in [0.4, 0.5) is 0 Å². The molecule has 0 unspecified atom stereocenters. The van der Waals surface area contributed by atoms with Gasteiger partial charge in [-0.1, -0.05) is 6.07 Å². The number of nitrogens with one attached hydrogen (secondary N) is 1. The summed E-state index contributed by atoms with van der Waals surface area (Å²) in [4.78, 5) is 39.8. The fraction of sp³-hybridized carbons (Fsp3) is 0.444. The number of amides is 1. The van der Waals surface area contributed by atoms with E-state index in [1.165, 1.54) is 0 Å². The minimum Gasteiger partial charge on any atom is -0.337 e. The Morgan fingerprint density at radius 1 is 1.24 bits per heavy atom. The van der Waals surface area contributed by atoms with Crippen molar-refractivity contribution in [2.75, 3.05) is 27.2 Å². The summed E-state index contributed by atoms with van der Waals surface area (Å²) in [6.07, 6.45) is 3.50. The predicted molar refractivity (Wildman–Crippen MR) is 96.2 cm³/mol. The van der Waals surface area contributed by atoms with Crippen LogP contribution in [0.3, 0.4) is 0 Å². The van der Waals surface area contributed by atoms with Gasteiger partial charge in [-0.2, -0.15) is 0 Å². The van der Waals surface area contributed by atoms with E-state index in [-0.39, 0.29) is 17.9 Å². The van der Waals surface area contributed by atoms with Crippen molar-refractivity contribution in [2.24, 2.45) is 0 Å². The first-order chi connectivity index (χ1) is 11.9. The number of hydrogen-bond donors (Lipinski definition) is 1. The zero-order chi connectivity index (χ0) is 18.4. The summed E-state index contributed by atoms with van der Waals surface area (Å²) in [5, 5.41) is 0. The van der Waals surface area contributed by atoms with Gasteiger partial charge in [0.1, 0.15) is 5.82 Å². The molecule has 1 amide bonds. The molecule has 2 aromatic rings. The summed E-state index contributed by atoms with van der Waals surface area (Å²) in [5.41, 5.74) is 1.75. The molecule has 0 radical (unpaired) electrons. The number of H-pyrrole nitrogens is 1. The van der Waals surface area contributed by atoms with Crippen molar-refractivity contribution in [3.63, 3.8) is 0 Å². The van der Waals surface area contributed by atoms with Gasteiger partial charge in [-0.05, 0) is 39.6 Å². The van der Waals surface area contributed by atoms with E-state index in [0.29, 0.717) is 30.2 Å². The molecule has 134 valence electrons. The number of aromatic nitrogens is 3. The van der Waals surface area contributed by atoms with Crippen LogP contribution < -0.4 is 5.56 Å². The van der Waals surface area contributed by atoms with Crippen molar-refractivity contribution in [3.8, 4) is 0 Å². The van der Waals surface area contributed by atoms with Crippen molar-refractivity contribution >= 4 is 5.91 Å². The first-order valence-electron chi connectivity index (χ1n) is 8.24. The van der Waals surface area contributed by atoms with Crippen LogP contribution in [0.5, 0.6) is 0 Å². The molecule has 0 saturated heterocycles. The third-order valence-corrected chi connectivity index (χ3v) is 3.93. The molecule has 0 aromatic carbocycles. The molecule has 7 nitrogen and oxygen atoms in total. The zero-order valence-electron chi connectivity index (χ0n) is 15.2. The molecule has 7 heteroatoms. The van der Waals surface area contributed by atoms with Gasteiger partial charge >= 0.3 is 0 Å². The molecule has 2 aromatic heterocycles. The fourth-order valence-corrected chi connectivity index (χ4v) is 2.55. The van der Waals surface area contributed by atoms with Crippen molar-refractivity contribution in [2.45, 2.75) is 26.8 Å². The van der Waals surface area contributed by atoms with Crippen LogP contribution in [0.15, 0.2) is 29.3 Å². The quantitative estimate of drug-likeness (QED) is 0.808. The molecule has 0 bridgehead atoms. The Bertz CT molecular complexity index is 771. The van der Waals surface area contributed by atoms with Gasteiger partial charge in [0.25, 0.3) is 5.56 Å². The highest BCUT2D eigenvalue weighted by atomic mass is 16.2. The highest BCUT2D eigenvalue weighted by molar-refractivity contribution is 5.79. The van der Waals surface area contributed by atoms with Crippen molar-refractivity contribution in [1.29, 1.82) is 0 Å². The summed E-state index contributed by atoms with van der Waals surface area (Å²) >= 11 is 0. The number of aromatic amines is 1. The van der Waals surface area contributed by atoms with E-state index in [4.69, 9.17) is 0 Å². The SMILES string of the molecule is Cc1nc(C)c(CC(=O)N(CCN(C)C)Cc2cccnc2)c(=O)[nH]1. The van der Waals surface area contributed by atoms with Crippen molar-refractivity contribution in [1.82, 2.24) is 24.8 Å². The Morgan fingerprint density at radius 3 is 2.60 bits per heavy atom. The Balaban J connectivity index is 2.18. The van der Waals surface area contributed by atoms with Crippen LogP contribution in [-0.2, 0) is 17.8 Å². The van der Waals surface area contributed by atoms with Crippen LogP contribution in [-0.4, -0.2) is 57.8 Å². The first kappa shape index (κ1) is 18.8. The molecule has 2 heterocycles. The van der Waals surface area contributed by atoms with E-state index in [9.17, 15) is 9.59 Å². The lowest BCUT2D eigenvalue weighted by Gasteiger charge is -2.24. The summed E-state index contributed by atoms with van der Waals surface area (Å²) in [6.45, 7) is 5.28. The lowest BCUT2D eigenvalue weighted by Crippen LogP contribution is -2.38. The lowest BCUT2D eigenvalue weighted by atomic mass is 10.1. The number of hydrogen-bond acceptors (Lipinski definition) is 5. The highest BCUT2D eigenvalue weighted by Gasteiger charge is 2.18. The molecule has 0 fully saturated rings. The number of likely N-dealkylation sites (N-methyl/N-ethyl adjacent to an activating group) is 1. The molecule has 0 aliphatic carbocycles. The maximum Gasteiger partial charge on any atom is 0.254 e. The average Bonchev–Trinajstić information content (AvgIpc) is 2.55. The van der Waals surface area contributed by atoms with Crippen LogP contribution in [0.25, 0.3) is 0 Å². The summed E-state index contributed by atoms with van der Waals surface area (Å²) in [6, 6.07) is 3.79. The Hall–Kier alpha value is -2.54. The van der Waals surface area contributed by atoms with Gasteiger partial charge in [0.05, 0.1) is 6.42 Å². The predicted octanol–water partition coefficient (Wildman–Crippen LogP) is 0.915. The lowest BCUT2D eigenvalue weighted by molar-refractivity contribution is -0.131. The topological polar surface area (TPSA) is 82.2 Å². The number of pyridine rings is 1. The van der Waals surface area contributed by atoms with Gasteiger partial charge in [0, 0.05) is 43.3 Å². The van der Waals surface area contributed by atoms with E-state index in [1.54, 1.807) is 31.1 Å². The van der Waals surface area contributed by atoms with Gasteiger partial charge in [-0.15, -0.1) is 0 Å². The minimum absolute atomic E-state index is 0.0438. The molecular formula is C18H25N5O2. The molecule has 0 spiro atoms. The summed E-state index contributed by atoms with van der Waals surface area (Å²) in [7, 11) is 3.93. The normalized spacial score (nSPS) is 10.9. The Kier molecular flexibility index (Phi) is 6.41. The van der Waals surface area contributed by atoms with Gasteiger partial charge in [0.2, 0.25) is 5.91 Å². The number of rotatable bonds is 7. The van der Waals surface area contributed by atoms with Crippen molar-refractivity contribution < 1.29 is 4.79 Å². The smallest absolute Gasteiger partial charge is 0.254 e. The van der Waals surface area contributed by atoms with E-state index < -0.39 is 0 Å². The molecule has 25 heavy (non-hydrogen) atoms. The van der Waals surface area contributed by atoms with Gasteiger partial charge in [0.15, 0.2) is 0 Å². The Morgan fingerprint density at radius 2 is 2.00 bits per heavy atom. The fourth-order valence-electron chi connectivity index (χ4n) is 2.55. The molecule has 0 aliphatic heterocycles. The largest absolute Gasteiger partial charge is 0.337 e. The highest BCUT2D eigenvalue weighted by Crippen LogP contribution is 2.08. The zero-order valence-corrected chi connectivity index (χ0v) is 15.2. The molecule has 0 aliphatic rings. The molecule has 0 atom stereocenters. The van der Waals surface area contributed by atoms with E-state index >= 15 is 0 Å². The van der Waals surface area contributed by atoms with Gasteiger partial charge in [-0.25, -0.2) is 4.98 Å². The molecule has 1 N–H and O–H groups in total. The number of carbonyl (C=O) groups is 1. The van der Waals surface area contributed by atoms with Gasteiger partial charge in [-0.3, -0.25) is 14.6 Å². The van der Waals surface area contributed by atoms with Crippen LogP contribution >= 0.6 is 0 Å². The standard InChI is InChI=1S/C18H25N5O2/c1-13-16(18(25)21-14(2)20-13)10-17(24)23(9-8-22(3)4)12-15-6-5-7-19-11-15/h5-7,11H,8-10,12H2,1-4H3,(H,20,21,25). The monoisotopic (exact) mass is 343 g/mol. The average molecular weight is 343 g/mol. The van der Waals surface area contributed by atoms with E-state index in [2.05, 4.69) is 15.0 Å². The maximum absolute atomic E-state index is 12.8. The first-order valence-corrected chi connectivity index (χ1v) is 8.24. The van der Waals surface area contributed by atoms with Gasteiger partial charge < -0.3 is 14.8 Å². The summed E-state index contributed by atoms with van der Waals surface area (Å²) < 4.78 is 0. The van der Waals surface area contributed by atoms with E-state index in [1.807, 2.05) is 31.1 Å². The van der Waals surface area contributed by atoms with Crippen molar-refractivity contribution in [3.05, 3.63) is 57.5 Å². The Labute approximate surface area is 147 Å². The second-order valence-corrected chi connectivity index (χ2v) is 6.37. The number of carbonyl (C=O) groups excluding carboxylic acids is 1. The molecule has 2 rings (SSSR count). The minimum atomic E-state index is -0.243. The third-order valence-electron chi connectivity index (χ3n) is 3.93. The second-order valence-electron chi connectivity index (χ2n) is 6.37. The number of nitrogens with zero attached hydrogens (tertiary/aromatic N) is 4. The molecule has 0 saturated carbocycles. The van der Waals surface area contributed by atoms with Crippen LogP contribution in [0.2, 0.25) is 0 Å². The third kappa shape index (κ3) is 5.49. The van der Waals surface area contributed by atoms with E-state index in [0.717, 1.165) is 12.1 Å². The molecular weight excluding hydrogens is 318 g/mol. The number of aryl methyl sites for hydroxylation is 2. The maximum atomic E-state index is 12.8. The van der Waals surface area contributed by atoms with Crippen LogP contribution in [0, 0.1) is 13.8 Å². The second kappa shape index (κ2) is 8.53.